The van der Waals surface area contributed by atoms with Gasteiger partial charge in [-0.3, -0.25) is 24.5 Å². The molecule has 1 amide bonds. The Morgan fingerprint density at radius 2 is 2.29 bits per heavy atom. The Morgan fingerprint density at radius 3 is 2.95 bits per heavy atom. The van der Waals surface area contributed by atoms with E-state index in [2.05, 4.69) is 31.2 Å². The predicted molar refractivity (Wildman–Crippen MR) is 84.0 cm³/mol. The first-order chi connectivity index (χ1) is 9.95. The van der Waals surface area contributed by atoms with Gasteiger partial charge >= 0.3 is 0 Å². The molecule has 1 N–H and O–H groups in total. The molecule has 8 heteroatoms. The number of carbonyl (C=O) groups is 1. The number of rotatable bonds is 4. The molecule has 2 unspecified atom stereocenters. The quantitative estimate of drug-likeness (QED) is 0.515. The van der Waals surface area contributed by atoms with Crippen LogP contribution in [0.15, 0.2) is 24.3 Å². The van der Waals surface area contributed by atoms with Crippen LogP contribution >= 0.6 is 9.39 Å². The maximum Gasteiger partial charge on any atom is 0.271 e. The molecular formula is C13H19N4O3P. The summed E-state index contributed by atoms with van der Waals surface area (Å²) in [5, 5.41) is 13.4. The van der Waals surface area contributed by atoms with E-state index in [9.17, 15) is 14.9 Å². The highest BCUT2D eigenvalue weighted by Crippen LogP contribution is 2.17. The smallest absolute Gasteiger partial charge is 0.271 e. The Bertz CT molecular complexity index is 540. The van der Waals surface area contributed by atoms with Crippen molar-refractivity contribution in [2.24, 2.45) is 0 Å². The molecule has 0 aromatic heterocycles. The number of amides is 1. The fourth-order valence-electron chi connectivity index (χ4n) is 2.29. The van der Waals surface area contributed by atoms with Crippen LogP contribution in [0.2, 0.25) is 0 Å². The van der Waals surface area contributed by atoms with Crippen LogP contribution in [0.5, 0.6) is 0 Å². The molecule has 1 aromatic carbocycles. The van der Waals surface area contributed by atoms with Gasteiger partial charge < -0.3 is 5.32 Å². The third-order valence-electron chi connectivity index (χ3n) is 3.47. The van der Waals surface area contributed by atoms with E-state index in [0.29, 0.717) is 18.3 Å². The van der Waals surface area contributed by atoms with Crippen molar-refractivity contribution >= 4 is 26.7 Å². The van der Waals surface area contributed by atoms with Crippen molar-refractivity contribution in [3.63, 3.8) is 0 Å². The van der Waals surface area contributed by atoms with Gasteiger partial charge in [0.1, 0.15) is 0 Å². The van der Waals surface area contributed by atoms with Crippen LogP contribution in [-0.2, 0) is 4.79 Å². The van der Waals surface area contributed by atoms with Crippen LogP contribution < -0.4 is 5.32 Å². The molecule has 21 heavy (non-hydrogen) atoms. The second-order valence-corrected chi connectivity index (χ2v) is 5.84. The van der Waals surface area contributed by atoms with Gasteiger partial charge in [-0.2, -0.15) is 0 Å². The summed E-state index contributed by atoms with van der Waals surface area (Å²) < 4.78 is 2.18. The van der Waals surface area contributed by atoms with Gasteiger partial charge in [0.15, 0.2) is 0 Å². The number of carbonyl (C=O) groups excluding carboxylic acids is 1. The van der Waals surface area contributed by atoms with E-state index in [1.165, 1.54) is 12.1 Å². The molecule has 1 saturated heterocycles. The fourth-order valence-corrected chi connectivity index (χ4v) is 2.50. The molecule has 0 radical (unpaired) electrons. The summed E-state index contributed by atoms with van der Waals surface area (Å²) in [6, 6.07) is 6.35. The normalized spacial score (nSPS) is 20.2. The molecule has 1 aromatic rings. The Morgan fingerprint density at radius 1 is 1.52 bits per heavy atom. The number of benzene rings is 1. The van der Waals surface area contributed by atoms with Crippen molar-refractivity contribution in [3.8, 4) is 0 Å². The number of piperazine rings is 1. The molecule has 2 atom stereocenters. The van der Waals surface area contributed by atoms with Gasteiger partial charge in [0, 0.05) is 43.5 Å². The SMILES string of the molecule is CC1CN(CC(=O)Nc2cccc([N+](=O)[O-])c2)CCN1P. The van der Waals surface area contributed by atoms with Crippen molar-refractivity contribution in [2.45, 2.75) is 13.0 Å². The number of nitrogens with one attached hydrogen (secondary N) is 1. The fraction of sp³-hybridized carbons (Fsp3) is 0.462. The lowest BCUT2D eigenvalue weighted by Gasteiger charge is -2.36. The first kappa shape index (κ1) is 15.8. The Kier molecular flexibility index (Phi) is 5.22. The first-order valence-corrected chi connectivity index (χ1v) is 7.25. The number of nitro groups is 1. The summed E-state index contributed by atoms with van der Waals surface area (Å²) in [7, 11) is 2.69. The summed E-state index contributed by atoms with van der Waals surface area (Å²) in [5.41, 5.74) is 0.421. The molecule has 0 bridgehead atoms. The third kappa shape index (κ3) is 4.46. The van der Waals surface area contributed by atoms with Crippen LogP contribution in [0.1, 0.15) is 6.92 Å². The third-order valence-corrected chi connectivity index (χ3v) is 4.24. The van der Waals surface area contributed by atoms with Gasteiger partial charge in [-0.15, -0.1) is 0 Å². The first-order valence-electron chi connectivity index (χ1n) is 6.73. The summed E-state index contributed by atoms with van der Waals surface area (Å²) in [4.78, 5) is 24.3. The Hall–Kier alpha value is -1.56. The Balaban J connectivity index is 1.90. The zero-order valence-corrected chi connectivity index (χ0v) is 13.0. The Labute approximate surface area is 125 Å². The zero-order chi connectivity index (χ0) is 15.4. The summed E-state index contributed by atoms with van der Waals surface area (Å²) in [5.74, 6) is -0.153. The monoisotopic (exact) mass is 310 g/mol. The highest BCUT2D eigenvalue weighted by molar-refractivity contribution is 7.13. The zero-order valence-electron chi connectivity index (χ0n) is 11.9. The van der Waals surface area contributed by atoms with Crippen LogP contribution in [0.3, 0.4) is 0 Å². The van der Waals surface area contributed by atoms with Crippen LogP contribution in [0, 0.1) is 10.1 Å². The lowest BCUT2D eigenvalue weighted by molar-refractivity contribution is -0.384. The minimum absolute atomic E-state index is 0.0296. The van der Waals surface area contributed by atoms with E-state index in [1.54, 1.807) is 12.1 Å². The minimum atomic E-state index is -0.477. The molecule has 0 aliphatic carbocycles. The molecule has 7 nitrogen and oxygen atoms in total. The molecule has 1 fully saturated rings. The molecule has 1 heterocycles. The van der Waals surface area contributed by atoms with Crippen LogP contribution in [-0.4, -0.2) is 52.6 Å². The van der Waals surface area contributed by atoms with E-state index in [4.69, 9.17) is 0 Å². The van der Waals surface area contributed by atoms with Gasteiger partial charge in [-0.1, -0.05) is 15.5 Å². The van der Waals surface area contributed by atoms with E-state index in [1.807, 2.05) is 0 Å². The van der Waals surface area contributed by atoms with Gasteiger partial charge in [-0.25, -0.2) is 0 Å². The summed E-state index contributed by atoms with van der Waals surface area (Å²) >= 11 is 0. The minimum Gasteiger partial charge on any atom is -0.325 e. The second kappa shape index (κ2) is 6.93. The van der Waals surface area contributed by atoms with Crippen LogP contribution in [0.4, 0.5) is 11.4 Å². The van der Waals surface area contributed by atoms with Crippen molar-refractivity contribution in [1.82, 2.24) is 9.57 Å². The number of hydrogen-bond acceptors (Lipinski definition) is 5. The van der Waals surface area contributed by atoms with Gasteiger partial charge in [-0.05, 0) is 13.0 Å². The maximum absolute atomic E-state index is 12.0. The molecule has 0 saturated carbocycles. The predicted octanol–water partition coefficient (Wildman–Crippen LogP) is 1.33. The second-order valence-electron chi connectivity index (χ2n) is 5.18. The molecule has 0 spiro atoms. The van der Waals surface area contributed by atoms with Crippen molar-refractivity contribution in [1.29, 1.82) is 0 Å². The summed E-state index contributed by atoms with van der Waals surface area (Å²) in [6.07, 6.45) is 0. The van der Waals surface area contributed by atoms with Gasteiger partial charge in [0.2, 0.25) is 5.91 Å². The standard InChI is InChI=1S/C13H19N4O3P/c1-10-8-15(5-6-16(10)21)9-13(18)14-11-3-2-4-12(7-11)17(19)20/h2-4,7,10H,5-6,8-9,21H2,1H3,(H,14,18). The topological polar surface area (TPSA) is 78.7 Å². The van der Waals surface area contributed by atoms with Crippen LogP contribution in [0.25, 0.3) is 0 Å². The average molecular weight is 310 g/mol. The molecular weight excluding hydrogens is 291 g/mol. The average Bonchev–Trinajstić information content (AvgIpc) is 2.43. The van der Waals surface area contributed by atoms with Crippen molar-refractivity contribution < 1.29 is 9.72 Å². The molecule has 1 aliphatic heterocycles. The number of anilines is 1. The molecule has 1 aliphatic rings. The van der Waals surface area contributed by atoms with Gasteiger partial charge in [0.25, 0.3) is 5.69 Å². The number of hydrogen-bond donors (Lipinski definition) is 1. The van der Waals surface area contributed by atoms with E-state index < -0.39 is 4.92 Å². The van der Waals surface area contributed by atoms with Crippen molar-refractivity contribution in [3.05, 3.63) is 34.4 Å². The highest BCUT2D eigenvalue weighted by atomic mass is 31.0. The van der Waals surface area contributed by atoms with Gasteiger partial charge in [0.05, 0.1) is 11.5 Å². The lowest BCUT2D eigenvalue weighted by atomic mass is 10.2. The molecule has 2 rings (SSSR count). The molecule has 114 valence electrons. The van der Waals surface area contributed by atoms with E-state index in [-0.39, 0.29) is 11.6 Å². The summed E-state index contributed by atoms with van der Waals surface area (Å²) in [6.45, 7) is 4.96. The highest BCUT2D eigenvalue weighted by Gasteiger charge is 2.22. The lowest BCUT2D eigenvalue weighted by Crippen LogP contribution is -2.49. The maximum atomic E-state index is 12.0. The van der Waals surface area contributed by atoms with Crippen molar-refractivity contribution in [2.75, 3.05) is 31.5 Å². The number of non-ortho nitro benzene ring substituents is 1. The van der Waals surface area contributed by atoms with E-state index >= 15 is 0 Å². The van der Waals surface area contributed by atoms with E-state index in [0.717, 1.165) is 19.6 Å². The number of nitro benzene ring substituents is 1. The number of nitrogens with zero attached hydrogens (tertiary/aromatic N) is 3. The largest absolute Gasteiger partial charge is 0.325 e.